The summed E-state index contributed by atoms with van der Waals surface area (Å²) in [5.74, 6) is -0.563. The van der Waals surface area contributed by atoms with Crippen molar-refractivity contribution >= 4 is 29.6 Å². The number of carbonyl (C=O) groups excluding carboxylic acids is 3. The van der Waals surface area contributed by atoms with Crippen LogP contribution in [-0.2, 0) is 9.59 Å². The number of anilines is 1. The number of amides is 4. The van der Waals surface area contributed by atoms with Gasteiger partial charge in [0.05, 0.1) is 26.1 Å². The zero-order valence-corrected chi connectivity index (χ0v) is 14.1. The summed E-state index contributed by atoms with van der Waals surface area (Å²) in [4.78, 5) is 41.9. The van der Waals surface area contributed by atoms with E-state index < -0.39 is 17.8 Å². The van der Waals surface area contributed by atoms with E-state index in [9.17, 15) is 14.4 Å². The van der Waals surface area contributed by atoms with Crippen molar-refractivity contribution < 1.29 is 23.9 Å². The Hall–Kier alpha value is -3.68. The molecular formula is C18H15N3O5. The first-order valence-electron chi connectivity index (χ1n) is 7.58. The summed E-state index contributed by atoms with van der Waals surface area (Å²) in [5, 5.41) is 2.15. The number of benzene rings is 1. The van der Waals surface area contributed by atoms with Gasteiger partial charge in [-0.1, -0.05) is 0 Å². The van der Waals surface area contributed by atoms with Crippen LogP contribution in [0.15, 0.2) is 48.3 Å². The van der Waals surface area contributed by atoms with Crippen LogP contribution in [0.5, 0.6) is 11.5 Å². The van der Waals surface area contributed by atoms with Crippen LogP contribution in [0, 0.1) is 0 Å². The minimum Gasteiger partial charge on any atom is -0.497 e. The molecule has 1 fully saturated rings. The zero-order valence-electron chi connectivity index (χ0n) is 14.1. The van der Waals surface area contributed by atoms with Crippen molar-refractivity contribution in [2.45, 2.75) is 0 Å². The van der Waals surface area contributed by atoms with E-state index in [2.05, 4.69) is 10.3 Å². The summed E-state index contributed by atoms with van der Waals surface area (Å²) in [7, 11) is 2.97. The van der Waals surface area contributed by atoms with Crippen LogP contribution in [0.4, 0.5) is 10.5 Å². The van der Waals surface area contributed by atoms with Crippen LogP contribution in [0.25, 0.3) is 6.08 Å². The molecule has 26 heavy (non-hydrogen) atoms. The van der Waals surface area contributed by atoms with Crippen LogP contribution in [0.2, 0.25) is 0 Å². The van der Waals surface area contributed by atoms with Gasteiger partial charge in [0.1, 0.15) is 17.1 Å². The van der Waals surface area contributed by atoms with Gasteiger partial charge in [0.2, 0.25) is 0 Å². The minimum atomic E-state index is -0.831. The van der Waals surface area contributed by atoms with E-state index in [-0.39, 0.29) is 11.3 Å². The molecule has 8 heteroatoms. The topological polar surface area (TPSA) is 97.8 Å². The van der Waals surface area contributed by atoms with Gasteiger partial charge in [0.15, 0.2) is 0 Å². The quantitative estimate of drug-likeness (QED) is 0.664. The van der Waals surface area contributed by atoms with Crippen LogP contribution < -0.4 is 19.7 Å². The molecule has 0 spiro atoms. The van der Waals surface area contributed by atoms with Gasteiger partial charge in [-0.2, -0.15) is 0 Å². The van der Waals surface area contributed by atoms with Crippen LogP contribution in [0.3, 0.4) is 0 Å². The van der Waals surface area contributed by atoms with Gasteiger partial charge >= 0.3 is 6.03 Å². The highest BCUT2D eigenvalue weighted by molar-refractivity contribution is 6.39. The zero-order chi connectivity index (χ0) is 18.7. The van der Waals surface area contributed by atoms with E-state index in [1.807, 2.05) is 0 Å². The summed E-state index contributed by atoms with van der Waals surface area (Å²) < 4.78 is 10.4. The number of aromatic nitrogens is 1. The normalized spacial score (nSPS) is 15.8. The lowest BCUT2D eigenvalue weighted by Crippen LogP contribution is -2.54. The number of imide groups is 2. The molecule has 1 aromatic carbocycles. The Morgan fingerprint density at radius 3 is 2.58 bits per heavy atom. The molecule has 2 aromatic rings. The predicted molar refractivity (Wildman–Crippen MR) is 92.8 cm³/mol. The summed E-state index contributed by atoms with van der Waals surface area (Å²) in [6, 6.07) is 7.26. The fourth-order valence-electron chi connectivity index (χ4n) is 2.49. The SMILES string of the molecule is COc1ccc(OC)c(/C=C2\C(=O)NC(=O)N(c3cccnc3)C2=O)c1. The molecule has 4 amide bonds. The molecule has 0 atom stereocenters. The van der Waals surface area contributed by atoms with Crippen molar-refractivity contribution in [1.29, 1.82) is 0 Å². The monoisotopic (exact) mass is 353 g/mol. The van der Waals surface area contributed by atoms with Crippen molar-refractivity contribution in [2.24, 2.45) is 0 Å². The third kappa shape index (κ3) is 3.12. The largest absolute Gasteiger partial charge is 0.497 e. The van der Waals surface area contributed by atoms with E-state index >= 15 is 0 Å². The minimum absolute atomic E-state index is 0.208. The summed E-state index contributed by atoms with van der Waals surface area (Å²) in [6.45, 7) is 0. The highest BCUT2D eigenvalue weighted by Crippen LogP contribution is 2.28. The van der Waals surface area contributed by atoms with Gasteiger partial charge in [0, 0.05) is 11.8 Å². The second-order valence-corrected chi connectivity index (χ2v) is 5.28. The number of methoxy groups -OCH3 is 2. The van der Waals surface area contributed by atoms with E-state index in [4.69, 9.17) is 9.47 Å². The van der Waals surface area contributed by atoms with Gasteiger partial charge in [-0.05, 0) is 36.4 Å². The number of carbonyl (C=O) groups is 3. The smallest absolute Gasteiger partial charge is 0.336 e. The first-order valence-corrected chi connectivity index (χ1v) is 7.58. The lowest BCUT2D eigenvalue weighted by molar-refractivity contribution is -0.122. The molecule has 8 nitrogen and oxygen atoms in total. The number of rotatable bonds is 4. The van der Waals surface area contributed by atoms with E-state index in [1.165, 1.54) is 32.7 Å². The van der Waals surface area contributed by atoms with Crippen LogP contribution in [-0.4, -0.2) is 37.0 Å². The molecule has 2 heterocycles. The number of ether oxygens (including phenoxy) is 2. The number of hydrogen-bond donors (Lipinski definition) is 1. The van der Waals surface area contributed by atoms with Crippen LogP contribution >= 0.6 is 0 Å². The first kappa shape index (κ1) is 17.2. The maximum absolute atomic E-state index is 12.8. The summed E-state index contributed by atoms with van der Waals surface area (Å²) in [5.41, 5.74) is 0.511. The molecule has 3 rings (SSSR count). The van der Waals surface area contributed by atoms with Crippen molar-refractivity contribution in [1.82, 2.24) is 10.3 Å². The standard InChI is InChI=1S/C18H15N3O5/c1-25-13-5-6-15(26-2)11(8-13)9-14-16(22)20-18(24)21(17(14)23)12-4-3-7-19-10-12/h3-10H,1-2H3,(H,20,22,24)/b14-9+. The average Bonchev–Trinajstić information content (AvgIpc) is 2.65. The molecule has 1 aliphatic heterocycles. The Labute approximate surface area is 149 Å². The molecule has 1 saturated heterocycles. The lowest BCUT2D eigenvalue weighted by atomic mass is 10.1. The first-order chi connectivity index (χ1) is 12.5. The van der Waals surface area contributed by atoms with Crippen molar-refractivity contribution in [2.75, 3.05) is 19.1 Å². The fraction of sp³-hybridized carbons (Fsp3) is 0.111. The van der Waals surface area contributed by atoms with Gasteiger partial charge < -0.3 is 9.47 Å². The van der Waals surface area contributed by atoms with Crippen molar-refractivity contribution in [3.63, 3.8) is 0 Å². The molecule has 0 bridgehead atoms. The van der Waals surface area contributed by atoms with Gasteiger partial charge in [0.25, 0.3) is 11.8 Å². The molecule has 1 aliphatic rings. The van der Waals surface area contributed by atoms with Gasteiger partial charge in [-0.3, -0.25) is 19.9 Å². The molecular weight excluding hydrogens is 338 g/mol. The summed E-state index contributed by atoms with van der Waals surface area (Å²) >= 11 is 0. The van der Waals surface area contributed by atoms with E-state index in [1.54, 1.807) is 30.3 Å². The third-order valence-corrected chi connectivity index (χ3v) is 3.74. The predicted octanol–water partition coefficient (Wildman–Crippen LogP) is 1.77. The number of urea groups is 1. The maximum atomic E-state index is 12.8. The lowest BCUT2D eigenvalue weighted by Gasteiger charge is -2.26. The van der Waals surface area contributed by atoms with E-state index in [0.717, 1.165) is 4.90 Å². The maximum Gasteiger partial charge on any atom is 0.336 e. The Balaban J connectivity index is 2.06. The Morgan fingerprint density at radius 1 is 1.12 bits per heavy atom. The molecule has 0 unspecified atom stereocenters. The van der Waals surface area contributed by atoms with Gasteiger partial charge in [-0.15, -0.1) is 0 Å². The highest BCUT2D eigenvalue weighted by atomic mass is 16.5. The highest BCUT2D eigenvalue weighted by Gasteiger charge is 2.37. The molecule has 1 N–H and O–H groups in total. The molecule has 0 saturated carbocycles. The molecule has 0 radical (unpaired) electrons. The molecule has 1 aromatic heterocycles. The second-order valence-electron chi connectivity index (χ2n) is 5.28. The Morgan fingerprint density at radius 2 is 1.92 bits per heavy atom. The number of barbiturate groups is 1. The number of pyridine rings is 1. The number of nitrogens with zero attached hydrogens (tertiary/aromatic N) is 2. The average molecular weight is 353 g/mol. The number of nitrogens with one attached hydrogen (secondary N) is 1. The van der Waals surface area contributed by atoms with Gasteiger partial charge in [-0.25, -0.2) is 9.69 Å². The van der Waals surface area contributed by atoms with Crippen LogP contribution in [0.1, 0.15) is 5.56 Å². The third-order valence-electron chi connectivity index (χ3n) is 3.74. The van der Waals surface area contributed by atoms with E-state index in [0.29, 0.717) is 17.1 Å². The molecule has 0 aliphatic carbocycles. The Bertz CT molecular complexity index is 908. The molecule has 132 valence electrons. The van der Waals surface area contributed by atoms with Crippen molar-refractivity contribution in [3.8, 4) is 11.5 Å². The summed E-state index contributed by atoms with van der Waals surface area (Å²) in [6.07, 6.45) is 4.23. The Kier molecular flexibility index (Phi) is 4.66. The van der Waals surface area contributed by atoms with Crippen molar-refractivity contribution in [3.05, 3.63) is 53.9 Å². The second kappa shape index (κ2) is 7.06. The number of hydrogen-bond acceptors (Lipinski definition) is 6. The fourth-order valence-corrected chi connectivity index (χ4v) is 2.49.